The maximum Gasteiger partial charge on any atom is 0.344 e. The lowest BCUT2D eigenvalue weighted by Gasteiger charge is -2.08. The Morgan fingerprint density at radius 3 is 2.60 bits per heavy atom. The van der Waals surface area contributed by atoms with Crippen LogP contribution in [0, 0.1) is 20.8 Å². The largest absolute Gasteiger partial charge is 0.452 e. The van der Waals surface area contributed by atoms with E-state index >= 15 is 0 Å². The quantitative estimate of drug-likeness (QED) is 0.739. The van der Waals surface area contributed by atoms with E-state index in [1.807, 2.05) is 32.0 Å². The molecule has 3 aromatic rings. The molecule has 0 radical (unpaired) electrons. The minimum atomic E-state index is -0.623. The van der Waals surface area contributed by atoms with Crippen molar-refractivity contribution in [1.82, 2.24) is 14.6 Å². The van der Waals surface area contributed by atoms with E-state index in [2.05, 4.69) is 15.4 Å². The first-order valence-electron chi connectivity index (χ1n) is 7.79. The van der Waals surface area contributed by atoms with Gasteiger partial charge in [0, 0.05) is 18.1 Å². The van der Waals surface area contributed by atoms with Crippen LogP contribution in [0.3, 0.4) is 0 Å². The number of nitrogens with one attached hydrogen (secondary N) is 1. The van der Waals surface area contributed by atoms with E-state index in [1.54, 1.807) is 25.4 Å². The molecule has 0 fully saturated rings. The molecule has 25 heavy (non-hydrogen) atoms. The molecule has 7 heteroatoms. The average Bonchev–Trinajstić information content (AvgIpc) is 2.87. The number of esters is 1. The second kappa shape index (κ2) is 6.72. The predicted molar refractivity (Wildman–Crippen MR) is 92.6 cm³/mol. The van der Waals surface area contributed by atoms with E-state index in [0.717, 1.165) is 11.1 Å². The van der Waals surface area contributed by atoms with Gasteiger partial charge in [0.2, 0.25) is 0 Å². The monoisotopic (exact) mass is 338 g/mol. The fraction of sp³-hybridized carbons (Fsp3) is 0.222. The van der Waals surface area contributed by atoms with Crippen LogP contribution < -0.4 is 5.32 Å². The number of aromatic nitrogens is 3. The molecule has 0 unspecified atom stereocenters. The second-order valence-corrected chi connectivity index (χ2v) is 5.85. The maximum absolute atomic E-state index is 12.3. The lowest BCUT2D eigenvalue weighted by molar-refractivity contribution is -0.119. The van der Waals surface area contributed by atoms with Crippen molar-refractivity contribution in [2.75, 3.05) is 11.9 Å². The lowest BCUT2D eigenvalue weighted by Crippen LogP contribution is -2.21. The summed E-state index contributed by atoms with van der Waals surface area (Å²) in [5, 5.41) is 6.92. The molecule has 0 bridgehead atoms. The number of nitrogens with zero attached hydrogens (tertiary/aromatic N) is 3. The Balaban J connectivity index is 1.67. The summed E-state index contributed by atoms with van der Waals surface area (Å²) in [6, 6.07) is 7.43. The van der Waals surface area contributed by atoms with Gasteiger partial charge in [0.25, 0.3) is 5.91 Å². The molecule has 128 valence electrons. The molecule has 1 amide bonds. The molecular weight excluding hydrogens is 320 g/mol. The molecule has 2 heterocycles. The third kappa shape index (κ3) is 3.65. The minimum Gasteiger partial charge on any atom is -0.452 e. The Hall–Kier alpha value is -3.22. The molecule has 0 saturated heterocycles. The van der Waals surface area contributed by atoms with Gasteiger partial charge in [-0.2, -0.15) is 5.10 Å². The topological polar surface area (TPSA) is 85.6 Å². The van der Waals surface area contributed by atoms with Crippen LogP contribution in [0.15, 0.2) is 36.7 Å². The number of fused-ring (bicyclic) bond motifs is 1. The van der Waals surface area contributed by atoms with Gasteiger partial charge in [-0.15, -0.1) is 0 Å². The van der Waals surface area contributed by atoms with Crippen molar-refractivity contribution >= 4 is 23.2 Å². The van der Waals surface area contributed by atoms with Crippen molar-refractivity contribution < 1.29 is 14.3 Å². The van der Waals surface area contributed by atoms with E-state index in [9.17, 15) is 9.59 Å². The van der Waals surface area contributed by atoms with Crippen molar-refractivity contribution in [3.63, 3.8) is 0 Å². The summed E-state index contributed by atoms with van der Waals surface area (Å²) in [5.41, 5.74) is 3.92. The van der Waals surface area contributed by atoms with E-state index in [-0.39, 0.29) is 12.2 Å². The third-order valence-corrected chi connectivity index (χ3v) is 3.61. The molecule has 0 atom stereocenters. The standard InChI is InChI=1S/C18H18N4O3/c1-11-7-12(2)9-14(8-11)20-15(23)10-25-18(24)16-13(3)21-22-6-4-5-19-17(16)22/h4-9H,10H2,1-3H3,(H,20,23). The summed E-state index contributed by atoms with van der Waals surface area (Å²) in [5.74, 6) is -1.03. The SMILES string of the molecule is Cc1cc(C)cc(NC(=O)COC(=O)c2c(C)nn3cccnc23)c1. The Labute approximate surface area is 144 Å². The van der Waals surface area contributed by atoms with Crippen LogP contribution in [-0.2, 0) is 9.53 Å². The van der Waals surface area contributed by atoms with Crippen LogP contribution in [0.4, 0.5) is 5.69 Å². The number of aryl methyl sites for hydroxylation is 3. The molecule has 0 aliphatic rings. The number of rotatable bonds is 4. The highest BCUT2D eigenvalue weighted by atomic mass is 16.5. The number of carbonyl (C=O) groups excluding carboxylic acids is 2. The van der Waals surface area contributed by atoms with Crippen LogP contribution in [0.1, 0.15) is 27.2 Å². The Kier molecular flexibility index (Phi) is 4.47. The van der Waals surface area contributed by atoms with Gasteiger partial charge >= 0.3 is 5.97 Å². The molecule has 3 rings (SSSR count). The summed E-state index contributed by atoms with van der Waals surface area (Å²) < 4.78 is 6.63. The average molecular weight is 338 g/mol. The van der Waals surface area contributed by atoms with Crippen LogP contribution >= 0.6 is 0 Å². The zero-order valence-electron chi connectivity index (χ0n) is 14.2. The van der Waals surface area contributed by atoms with Crippen LogP contribution in [0.5, 0.6) is 0 Å². The highest BCUT2D eigenvalue weighted by Crippen LogP contribution is 2.15. The van der Waals surface area contributed by atoms with Crippen molar-refractivity contribution in [3.8, 4) is 0 Å². The Morgan fingerprint density at radius 1 is 1.16 bits per heavy atom. The summed E-state index contributed by atoms with van der Waals surface area (Å²) in [6.07, 6.45) is 3.26. The number of carbonyl (C=O) groups is 2. The molecule has 0 aliphatic heterocycles. The summed E-state index contributed by atoms with van der Waals surface area (Å²) in [7, 11) is 0. The number of hydrogen-bond donors (Lipinski definition) is 1. The summed E-state index contributed by atoms with van der Waals surface area (Å²) in [6.45, 7) is 5.21. The van der Waals surface area contributed by atoms with E-state index in [0.29, 0.717) is 17.0 Å². The van der Waals surface area contributed by atoms with Gasteiger partial charge in [-0.25, -0.2) is 14.3 Å². The van der Waals surface area contributed by atoms with Gasteiger partial charge in [0.1, 0.15) is 5.56 Å². The van der Waals surface area contributed by atoms with Gasteiger partial charge in [-0.3, -0.25) is 4.79 Å². The number of ether oxygens (including phenoxy) is 1. The fourth-order valence-corrected chi connectivity index (χ4v) is 2.68. The van der Waals surface area contributed by atoms with Gasteiger partial charge in [-0.1, -0.05) is 6.07 Å². The summed E-state index contributed by atoms with van der Waals surface area (Å²) >= 11 is 0. The Morgan fingerprint density at radius 2 is 1.88 bits per heavy atom. The molecular formula is C18H18N4O3. The molecule has 1 aromatic carbocycles. The number of anilines is 1. The van der Waals surface area contributed by atoms with Crippen LogP contribution in [0.2, 0.25) is 0 Å². The zero-order chi connectivity index (χ0) is 18.0. The van der Waals surface area contributed by atoms with Crippen molar-refractivity contribution in [1.29, 1.82) is 0 Å². The Bertz CT molecular complexity index is 942. The lowest BCUT2D eigenvalue weighted by atomic mass is 10.1. The molecule has 0 aliphatic carbocycles. The number of benzene rings is 1. The molecule has 1 N–H and O–H groups in total. The van der Waals surface area contributed by atoms with Gasteiger partial charge in [-0.05, 0) is 50.1 Å². The fourth-order valence-electron chi connectivity index (χ4n) is 2.68. The van der Waals surface area contributed by atoms with Crippen molar-refractivity contribution in [2.24, 2.45) is 0 Å². The highest BCUT2D eigenvalue weighted by Gasteiger charge is 2.20. The minimum absolute atomic E-state index is 0.264. The maximum atomic E-state index is 12.3. The first-order valence-corrected chi connectivity index (χ1v) is 7.79. The van der Waals surface area contributed by atoms with Crippen LogP contribution in [0.25, 0.3) is 5.65 Å². The third-order valence-electron chi connectivity index (χ3n) is 3.61. The molecule has 2 aromatic heterocycles. The molecule has 0 spiro atoms. The first kappa shape index (κ1) is 16.6. The van der Waals surface area contributed by atoms with Crippen molar-refractivity contribution in [3.05, 3.63) is 59.0 Å². The van der Waals surface area contributed by atoms with Gasteiger partial charge in [0.05, 0.1) is 5.69 Å². The smallest absolute Gasteiger partial charge is 0.344 e. The number of amides is 1. The summed E-state index contributed by atoms with van der Waals surface area (Å²) in [4.78, 5) is 28.5. The first-order chi connectivity index (χ1) is 11.9. The second-order valence-electron chi connectivity index (χ2n) is 5.85. The molecule has 7 nitrogen and oxygen atoms in total. The predicted octanol–water partition coefficient (Wildman–Crippen LogP) is 2.45. The van der Waals surface area contributed by atoms with Gasteiger partial charge < -0.3 is 10.1 Å². The zero-order valence-corrected chi connectivity index (χ0v) is 14.2. The van der Waals surface area contributed by atoms with E-state index in [1.165, 1.54) is 4.52 Å². The van der Waals surface area contributed by atoms with E-state index in [4.69, 9.17) is 4.74 Å². The van der Waals surface area contributed by atoms with Crippen LogP contribution in [-0.4, -0.2) is 33.1 Å². The van der Waals surface area contributed by atoms with Gasteiger partial charge in [0.15, 0.2) is 12.3 Å². The highest BCUT2D eigenvalue weighted by molar-refractivity contribution is 5.99. The normalized spacial score (nSPS) is 10.7. The molecule has 0 saturated carbocycles. The van der Waals surface area contributed by atoms with E-state index < -0.39 is 11.9 Å². The van der Waals surface area contributed by atoms with Crippen molar-refractivity contribution in [2.45, 2.75) is 20.8 Å². The number of hydrogen-bond acceptors (Lipinski definition) is 5.